The van der Waals surface area contributed by atoms with Crippen LogP contribution in [-0.2, 0) is 0 Å². The summed E-state index contributed by atoms with van der Waals surface area (Å²) in [5, 5.41) is 3.22. The van der Waals surface area contributed by atoms with E-state index in [1.54, 1.807) is 0 Å². The SMILES string of the molecule is Cc1[nH]n2cccc2c1C. The third kappa shape index (κ3) is 0.533. The van der Waals surface area contributed by atoms with Gasteiger partial charge in [0.1, 0.15) is 0 Å². The van der Waals surface area contributed by atoms with Gasteiger partial charge in [0.15, 0.2) is 0 Å². The molecule has 0 unspecified atom stereocenters. The topological polar surface area (TPSA) is 20.2 Å². The Morgan fingerprint density at radius 3 is 2.90 bits per heavy atom. The molecule has 0 aliphatic carbocycles. The second kappa shape index (κ2) is 1.66. The summed E-state index contributed by atoms with van der Waals surface area (Å²) in [6.45, 7) is 4.21. The maximum atomic E-state index is 3.22. The maximum absolute atomic E-state index is 3.22. The molecule has 2 nitrogen and oxygen atoms in total. The lowest BCUT2D eigenvalue weighted by Gasteiger charge is -1.82. The Labute approximate surface area is 59.5 Å². The van der Waals surface area contributed by atoms with Crippen LogP contribution in [0.3, 0.4) is 0 Å². The van der Waals surface area contributed by atoms with Gasteiger partial charge in [0.25, 0.3) is 0 Å². The van der Waals surface area contributed by atoms with Crippen LogP contribution in [0.4, 0.5) is 0 Å². The Kier molecular flexibility index (Phi) is 0.926. The van der Waals surface area contributed by atoms with E-state index in [2.05, 4.69) is 25.0 Å². The highest BCUT2D eigenvalue weighted by Crippen LogP contribution is 2.13. The van der Waals surface area contributed by atoms with Gasteiger partial charge in [-0.1, -0.05) is 0 Å². The molecule has 0 bridgehead atoms. The first-order chi connectivity index (χ1) is 4.79. The van der Waals surface area contributed by atoms with Crippen LogP contribution >= 0.6 is 0 Å². The second-order valence-corrected chi connectivity index (χ2v) is 2.63. The molecule has 0 spiro atoms. The average molecular weight is 134 g/mol. The van der Waals surface area contributed by atoms with Crippen molar-refractivity contribution in [3.63, 3.8) is 0 Å². The van der Waals surface area contributed by atoms with Gasteiger partial charge in [-0.15, -0.1) is 0 Å². The van der Waals surface area contributed by atoms with Gasteiger partial charge in [0.05, 0.1) is 5.52 Å². The van der Waals surface area contributed by atoms with Crippen molar-refractivity contribution in [1.82, 2.24) is 9.61 Å². The third-order valence-electron chi connectivity index (χ3n) is 1.98. The maximum Gasteiger partial charge on any atom is 0.0670 e. The molecule has 10 heavy (non-hydrogen) atoms. The van der Waals surface area contributed by atoms with E-state index in [9.17, 15) is 0 Å². The van der Waals surface area contributed by atoms with Gasteiger partial charge < -0.3 is 0 Å². The first-order valence-corrected chi connectivity index (χ1v) is 3.41. The van der Waals surface area contributed by atoms with Gasteiger partial charge in [0.2, 0.25) is 0 Å². The molecule has 2 rings (SSSR count). The summed E-state index contributed by atoms with van der Waals surface area (Å²) in [6.07, 6.45) is 2.02. The highest BCUT2D eigenvalue weighted by molar-refractivity contribution is 5.55. The molecule has 1 N–H and O–H groups in total. The highest BCUT2D eigenvalue weighted by atomic mass is 15.2. The molecule has 0 aromatic carbocycles. The van der Waals surface area contributed by atoms with Gasteiger partial charge in [0, 0.05) is 11.9 Å². The Bertz CT molecular complexity index is 354. The minimum atomic E-state index is 1.25. The van der Waals surface area contributed by atoms with Crippen LogP contribution in [0.1, 0.15) is 11.3 Å². The second-order valence-electron chi connectivity index (χ2n) is 2.63. The highest BCUT2D eigenvalue weighted by Gasteiger charge is 2.00. The molecule has 0 aliphatic heterocycles. The average Bonchev–Trinajstić information content (AvgIpc) is 2.41. The van der Waals surface area contributed by atoms with E-state index in [0.717, 1.165) is 0 Å². The van der Waals surface area contributed by atoms with E-state index < -0.39 is 0 Å². The zero-order chi connectivity index (χ0) is 7.14. The summed E-state index contributed by atoms with van der Waals surface area (Å²) < 4.78 is 2.03. The molecule has 52 valence electrons. The summed E-state index contributed by atoms with van der Waals surface area (Å²) in [5.41, 5.74) is 3.86. The van der Waals surface area contributed by atoms with Crippen LogP contribution < -0.4 is 0 Å². The summed E-state index contributed by atoms with van der Waals surface area (Å²) in [7, 11) is 0. The fraction of sp³-hybridized carbons (Fsp3) is 0.250. The van der Waals surface area contributed by atoms with Crippen molar-refractivity contribution < 1.29 is 0 Å². The van der Waals surface area contributed by atoms with Crippen molar-refractivity contribution >= 4 is 5.52 Å². The first-order valence-electron chi connectivity index (χ1n) is 3.41. The first kappa shape index (κ1) is 5.59. The minimum absolute atomic E-state index is 1.25. The van der Waals surface area contributed by atoms with Crippen molar-refractivity contribution in [2.45, 2.75) is 13.8 Å². The van der Waals surface area contributed by atoms with Crippen molar-refractivity contribution in [3.8, 4) is 0 Å². The number of aromatic amines is 1. The standard InChI is InChI=1S/C8H10N2/c1-6-7(2)9-10-5-3-4-8(6)10/h3-5,9H,1-2H3. The van der Waals surface area contributed by atoms with E-state index in [1.165, 1.54) is 16.8 Å². The van der Waals surface area contributed by atoms with Crippen molar-refractivity contribution in [2.75, 3.05) is 0 Å². The monoisotopic (exact) mass is 134 g/mol. The lowest BCUT2D eigenvalue weighted by atomic mass is 10.2. The molecule has 0 radical (unpaired) electrons. The van der Waals surface area contributed by atoms with Crippen molar-refractivity contribution in [2.24, 2.45) is 0 Å². The Morgan fingerprint density at radius 2 is 2.20 bits per heavy atom. The number of nitrogens with zero attached hydrogens (tertiary/aromatic N) is 1. The van der Waals surface area contributed by atoms with E-state index >= 15 is 0 Å². The van der Waals surface area contributed by atoms with Gasteiger partial charge in [-0.05, 0) is 31.5 Å². The number of hydrogen-bond acceptors (Lipinski definition) is 0. The van der Waals surface area contributed by atoms with Crippen molar-refractivity contribution in [1.29, 1.82) is 0 Å². The lowest BCUT2D eigenvalue weighted by molar-refractivity contribution is 0.945. The predicted molar refractivity (Wildman–Crippen MR) is 41.2 cm³/mol. The number of hydrogen-bond donors (Lipinski definition) is 1. The van der Waals surface area contributed by atoms with Crippen LogP contribution in [-0.4, -0.2) is 9.61 Å². The van der Waals surface area contributed by atoms with E-state index in [0.29, 0.717) is 0 Å². The summed E-state index contributed by atoms with van der Waals surface area (Å²) in [5.74, 6) is 0. The fourth-order valence-electron chi connectivity index (χ4n) is 1.24. The molecular weight excluding hydrogens is 124 g/mol. The van der Waals surface area contributed by atoms with Crippen LogP contribution in [0.25, 0.3) is 5.52 Å². The van der Waals surface area contributed by atoms with Crippen LogP contribution in [0.2, 0.25) is 0 Å². The molecule has 2 aromatic heterocycles. The van der Waals surface area contributed by atoms with E-state index in [1.807, 2.05) is 16.8 Å². The lowest BCUT2D eigenvalue weighted by Crippen LogP contribution is -1.78. The zero-order valence-corrected chi connectivity index (χ0v) is 6.18. The molecular formula is C8H10N2. The number of rotatable bonds is 0. The smallest absolute Gasteiger partial charge is 0.0670 e. The number of nitrogens with one attached hydrogen (secondary N) is 1. The van der Waals surface area contributed by atoms with Crippen molar-refractivity contribution in [3.05, 3.63) is 29.6 Å². The Balaban J connectivity index is 2.95. The summed E-state index contributed by atoms with van der Waals surface area (Å²) >= 11 is 0. The molecule has 0 fully saturated rings. The summed E-state index contributed by atoms with van der Waals surface area (Å²) in [6, 6.07) is 4.15. The molecule has 0 amide bonds. The van der Waals surface area contributed by atoms with E-state index in [-0.39, 0.29) is 0 Å². The Morgan fingerprint density at radius 1 is 1.40 bits per heavy atom. The summed E-state index contributed by atoms with van der Waals surface area (Å²) in [4.78, 5) is 0. The third-order valence-corrected chi connectivity index (χ3v) is 1.98. The number of H-pyrrole nitrogens is 1. The number of aromatic nitrogens is 2. The molecule has 0 saturated heterocycles. The number of fused-ring (bicyclic) bond motifs is 1. The molecule has 0 atom stereocenters. The molecule has 0 aliphatic rings. The van der Waals surface area contributed by atoms with Gasteiger partial charge in [-0.2, -0.15) is 0 Å². The predicted octanol–water partition coefficient (Wildman–Crippen LogP) is 1.88. The quantitative estimate of drug-likeness (QED) is 0.567. The zero-order valence-electron chi connectivity index (χ0n) is 6.18. The van der Waals surface area contributed by atoms with E-state index in [4.69, 9.17) is 0 Å². The normalized spacial score (nSPS) is 11.0. The molecule has 2 aromatic rings. The molecule has 2 heteroatoms. The van der Waals surface area contributed by atoms with Crippen LogP contribution in [0, 0.1) is 13.8 Å². The number of aryl methyl sites for hydroxylation is 2. The van der Waals surface area contributed by atoms with Crippen LogP contribution in [0.15, 0.2) is 18.3 Å². The fourth-order valence-corrected chi connectivity index (χ4v) is 1.24. The largest absolute Gasteiger partial charge is 0.298 e. The Hall–Kier alpha value is -1.18. The van der Waals surface area contributed by atoms with Gasteiger partial charge >= 0.3 is 0 Å². The molecule has 2 heterocycles. The van der Waals surface area contributed by atoms with Gasteiger partial charge in [-0.3, -0.25) is 9.61 Å². The van der Waals surface area contributed by atoms with Crippen LogP contribution in [0.5, 0.6) is 0 Å². The minimum Gasteiger partial charge on any atom is -0.298 e. The van der Waals surface area contributed by atoms with Gasteiger partial charge in [-0.25, -0.2) is 0 Å². The molecule has 0 saturated carbocycles.